The van der Waals surface area contributed by atoms with Gasteiger partial charge in [0, 0.05) is 30.7 Å². The third kappa shape index (κ3) is 3.65. The maximum absolute atomic E-state index is 5.46. The van der Waals surface area contributed by atoms with Crippen molar-refractivity contribution in [3.8, 4) is 11.3 Å². The predicted octanol–water partition coefficient (Wildman–Crippen LogP) is 1.85. The molecule has 2 rings (SSSR count). The minimum Gasteiger partial charge on any atom is -0.344 e. The molecule has 5 heteroatoms. The van der Waals surface area contributed by atoms with E-state index < -0.39 is 0 Å². The Labute approximate surface area is 101 Å². The van der Waals surface area contributed by atoms with Gasteiger partial charge in [0.2, 0.25) is 0 Å². The Balaban J connectivity index is 0.00000144. The smallest absolute Gasteiger partial charge is 0.0953 e. The summed E-state index contributed by atoms with van der Waals surface area (Å²) in [5.41, 5.74) is 7.48. The van der Waals surface area contributed by atoms with Crippen molar-refractivity contribution in [1.82, 2.24) is 20.7 Å². The van der Waals surface area contributed by atoms with Gasteiger partial charge in [0.05, 0.1) is 12.0 Å². The Morgan fingerprint density at radius 1 is 1.29 bits per heavy atom. The first kappa shape index (κ1) is 13.3. The Morgan fingerprint density at radius 2 is 2.18 bits per heavy atom. The zero-order valence-electron chi connectivity index (χ0n) is 9.92. The molecule has 0 radical (unpaired) electrons. The largest absolute Gasteiger partial charge is 0.344 e. The number of hydrogen-bond donors (Lipinski definition) is 2. The van der Waals surface area contributed by atoms with Crippen LogP contribution in [0.4, 0.5) is 0 Å². The van der Waals surface area contributed by atoms with Gasteiger partial charge in [-0.25, -0.2) is 4.98 Å². The van der Waals surface area contributed by atoms with Gasteiger partial charge in [-0.05, 0) is 31.5 Å². The number of pyridine rings is 1. The van der Waals surface area contributed by atoms with E-state index in [9.17, 15) is 0 Å². The molecule has 17 heavy (non-hydrogen) atoms. The lowest BCUT2D eigenvalue weighted by Crippen LogP contribution is -2.01. The van der Waals surface area contributed by atoms with E-state index in [1.165, 1.54) is 0 Å². The van der Waals surface area contributed by atoms with Gasteiger partial charge in [-0.1, -0.05) is 0 Å². The van der Waals surface area contributed by atoms with Gasteiger partial charge in [-0.15, -0.1) is 0 Å². The standard InChI is InChI=1S/C12H16N4.H3N/c13-5-1-2-7-16-9-12(15-10-16)11-4-3-6-14-8-11;/h3-4,6,8-10H,1-2,5,7,13H2;1H3. The number of nitrogens with two attached hydrogens (primary N) is 1. The van der Waals surface area contributed by atoms with Gasteiger partial charge < -0.3 is 16.5 Å². The van der Waals surface area contributed by atoms with E-state index in [1.807, 2.05) is 30.9 Å². The summed E-state index contributed by atoms with van der Waals surface area (Å²) in [7, 11) is 0. The van der Waals surface area contributed by atoms with Crippen LogP contribution in [0.3, 0.4) is 0 Å². The summed E-state index contributed by atoms with van der Waals surface area (Å²) in [6.07, 6.45) is 9.65. The highest BCUT2D eigenvalue weighted by atomic mass is 15.0. The zero-order chi connectivity index (χ0) is 11.2. The van der Waals surface area contributed by atoms with Crippen molar-refractivity contribution < 1.29 is 0 Å². The molecule has 0 saturated heterocycles. The molecule has 2 heterocycles. The van der Waals surface area contributed by atoms with Crippen LogP contribution in [0.2, 0.25) is 0 Å². The Morgan fingerprint density at radius 3 is 2.88 bits per heavy atom. The maximum Gasteiger partial charge on any atom is 0.0953 e. The molecule has 2 aromatic rings. The van der Waals surface area contributed by atoms with Gasteiger partial charge >= 0.3 is 0 Å². The SMILES string of the molecule is N.NCCCCn1cnc(-c2cccnc2)c1. The van der Waals surface area contributed by atoms with Crippen molar-refractivity contribution in [1.29, 1.82) is 0 Å². The van der Waals surface area contributed by atoms with Gasteiger partial charge in [0.15, 0.2) is 0 Å². The van der Waals surface area contributed by atoms with Crippen LogP contribution in [0.25, 0.3) is 11.3 Å². The van der Waals surface area contributed by atoms with Crippen LogP contribution in [-0.4, -0.2) is 21.1 Å². The monoisotopic (exact) mass is 233 g/mol. The van der Waals surface area contributed by atoms with Gasteiger partial charge in [-0.2, -0.15) is 0 Å². The third-order valence-corrected chi connectivity index (χ3v) is 2.46. The molecule has 0 aliphatic carbocycles. The highest BCUT2D eigenvalue weighted by molar-refractivity contribution is 5.56. The lowest BCUT2D eigenvalue weighted by molar-refractivity contribution is 0.614. The minimum atomic E-state index is 0. The topological polar surface area (TPSA) is 91.7 Å². The first-order valence-electron chi connectivity index (χ1n) is 5.52. The lowest BCUT2D eigenvalue weighted by Gasteiger charge is -1.99. The summed E-state index contributed by atoms with van der Waals surface area (Å²) in [5, 5.41) is 0. The van der Waals surface area contributed by atoms with Crippen LogP contribution >= 0.6 is 0 Å². The Kier molecular flexibility index (Phi) is 5.32. The number of aryl methyl sites for hydroxylation is 1. The molecule has 5 N–H and O–H groups in total. The third-order valence-electron chi connectivity index (χ3n) is 2.46. The van der Waals surface area contributed by atoms with Gasteiger partial charge in [0.1, 0.15) is 0 Å². The summed E-state index contributed by atoms with van der Waals surface area (Å²) >= 11 is 0. The van der Waals surface area contributed by atoms with Crippen molar-refractivity contribution >= 4 is 0 Å². The number of hydrogen-bond acceptors (Lipinski definition) is 4. The second kappa shape index (κ2) is 6.78. The highest BCUT2D eigenvalue weighted by Gasteiger charge is 2.01. The highest BCUT2D eigenvalue weighted by Crippen LogP contribution is 2.14. The lowest BCUT2D eigenvalue weighted by atomic mass is 10.2. The van der Waals surface area contributed by atoms with Crippen molar-refractivity contribution in [3.05, 3.63) is 37.1 Å². The molecule has 92 valence electrons. The summed E-state index contributed by atoms with van der Waals surface area (Å²) in [6, 6.07) is 3.93. The van der Waals surface area contributed by atoms with E-state index in [1.54, 1.807) is 6.20 Å². The molecule has 0 spiro atoms. The van der Waals surface area contributed by atoms with Crippen LogP contribution in [0.5, 0.6) is 0 Å². The van der Waals surface area contributed by atoms with E-state index in [-0.39, 0.29) is 6.15 Å². The number of nitrogens with zero attached hydrogens (tertiary/aromatic N) is 3. The molecule has 0 aliphatic heterocycles. The fourth-order valence-electron chi connectivity index (χ4n) is 1.58. The fourth-order valence-corrected chi connectivity index (χ4v) is 1.58. The fraction of sp³-hybridized carbons (Fsp3) is 0.333. The van der Waals surface area contributed by atoms with E-state index >= 15 is 0 Å². The van der Waals surface area contributed by atoms with Crippen LogP contribution in [0.15, 0.2) is 37.1 Å². The predicted molar refractivity (Wildman–Crippen MR) is 68.8 cm³/mol. The van der Waals surface area contributed by atoms with Gasteiger partial charge in [0.25, 0.3) is 0 Å². The molecule has 0 aromatic carbocycles. The quantitative estimate of drug-likeness (QED) is 0.771. The van der Waals surface area contributed by atoms with Crippen molar-refractivity contribution in [3.63, 3.8) is 0 Å². The molecule has 0 amide bonds. The molecule has 5 nitrogen and oxygen atoms in total. The van der Waals surface area contributed by atoms with Crippen molar-refractivity contribution in [2.75, 3.05) is 6.54 Å². The number of unbranched alkanes of at least 4 members (excludes halogenated alkanes) is 1. The Bertz CT molecular complexity index is 423. The average Bonchev–Trinajstić information content (AvgIpc) is 2.79. The Hall–Kier alpha value is -1.72. The molecule has 0 saturated carbocycles. The van der Waals surface area contributed by atoms with Crippen molar-refractivity contribution in [2.45, 2.75) is 19.4 Å². The molecule has 0 atom stereocenters. The summed E-state index contributed by atoms with van der Waals surface area (Å²) in [6.45, 7) is 1.73. The van der Waals surface area contributed by atoms with Crippen LogP contribution in [0.1, 0.15) is 12.8 Å². The first-order valence-corrected chi connectivity index (χ1v) is 5.52. The number of rotatable bonds is 5. The van der Waals surface area contributed by atoms with Crippen LogP contribution in [0, 0.1) is 0 Å². The molecule has 2 aromatic heterocycles. The van der Waals surface area contributed by atoms with E-state index in [4.69, 9.17) is 5.73 Å². The number of aromatic nitrogens is 3. The maximum atomic E-state index is 5.46. The molecule has 0 aliphatic rings. The first-order chi connectivity index (χ1) is 7.90. The minimum absolute atomic E-state index is 0. The van der Waals surface area contributed by atoms with Crippen molar-refractivity contribution in [2.24, 2.45) is 5.73 Å². The normalized spacial score (nSPS) is 9.94. The second-order valence-electron chi connectivity index (χ2n) is 3.73. The molecular formula is C12H19N5. The second-order valence-corrected chi connectivity index (χ2v) is 3.73. The summed E-state index contributed by atoms with van der Waals surface area (Å²) < 4.78 is 2.10. The molecule has 0 bridgehead atoms. The van der Waals surface area contributed by atoms with E-state index in [2.05, 4.69) is 14.5 Å². The molecule has 0 fully saturated rings. The van der Waals surface area contributed by atoms with E-state index in [0.29, 0.717) is 0 Å². The number of imidazole rings is 1. The average molecular weight is 233 g/mol. The molecule has 0 unspecified atom stereocenters. The van der Waals surface area contributed by atoms with Gasteiger partial charge in [-0.3, -0.25) is 4.98 Å². The summed E-state index contributed by atoms with van der Waals surface area (Å²) in [4.78, 5) is 8.44. The zero-order valence-corrected chi connectivity index (χ0v) is 9.92. The van der Waals surface area contributed by atoms with Crippen LogP contribution in [-0.2, 0) is 6.54 Å². The molecular weight excluding hydrogens is 214 g/mol. The van der Waals surface area contributed by atoms with Crippen LogP contribution < -0.4 is 11.9 Å². The summed E-state index contributed by atoms with van der Waals surface area (Å²) in [5.74, 6) is 0. The van der Waals surface area contributed by atoms with E-state index in [0.717, 1.165) is 37.2 Å².